The number of benzene rings is 1. The average molecular weight is 357 g/mol. The van der Waals surface area contributed by atoms with Crippen molar-refractivity contribution in [1.29, 1.82) is 0 Å². The molecular weight excluding hydrogens is 354 g/mol. The van der Waals surface area contributed by atoms with Crippen LogP contribution in [0.25, 0.3) is 10.6 Å². The highest BCUT2D eigenvalue weighted by atomic mass is 127. The van der Waals surface area contributed by atoms with Gasteiger partial charge in [0.05, 0.1) is 10.0 Å². The molecule has 0 saturated heterocycles. The van der Waals surface area contributed by atoms with E-state index in [0.29, 0.717) is 10.0 Å². The maximum atomic E-state index is 6.04. The quantitative estimate of drug-likeness (QED) is 0.718. The molecule has 0 aliphatic heterocycles. The second-order valence-corrected chi connectivity index (χ2v) is 5.98. The molecule has 0 fully saturated rings. The molecule has 0 unspecified atom stereocenters. The minimum absolute atomic E-state index is 0.529. The summed E-state index contributed by atoms with van der Waals surface area (Å²) in [6.45, 7) is 0. The normalized spacial score (nSPS) is 10.5. The number of hydrogen-bond donors (Lipinski definition) is 0. The average Bonchev–Trinajstić information content (AvgIpc) is 2.57. The Morgan fingerprint density at radius 1 is 1.21 bits per heavy atom. The first-order valence-corrected chi connectivity index (χ1v) is 6.27. The summed E-state index contributed by atoms with van der Waals surface area (Å²) in [6.07, 6.45) is 0. The third-order valence-corrected chi connectivity index (χ3v) is 4.02. The molecule has 1 aromatic heterocycles. The van der Waals surface area contributed by atoms with Crippen molar-refractivity contribution in [3.63, 3.8) is 0 Å². The number of halogens is 3. The lowest BCUT2D eigenvalue weighted by Crippen LogP contribution is -1.79. The molecule has 0 amide bonds. The number of nitrogens with zero attached hydrogens (tertiary/aromatic N) is 2. The van der Waals surface area contributed by atoms with Crippen molar-refractivity contribution in [2.75, 3.05) is 0 Å². The van der Waals surface area contributed by atoms with Crippen molar-refractivity contribution in [1.82, 2.24) is 10.2 Å². The van der Waals surface area contributed by atoms with Gasteiger partial charge in [0.25, 0.3) is 0 Å². The first-order valence-electron chi connectivity index (χ1n) is 3.62. The number of rotatable bonds is 1. The van der Waals surface area contributed by atoms with Crippen LogP contribution in [0.3, 0.4) is 0 Å². The zero-order valence-corrected chi connectivity index (χ0v) is 11.2. The van der Waals surface area contributed by atoms with Crippen LogP contribution >= 0.6 is 57.1 Å². The predicted molar refractivity (Wildman–Crippen MR) is 68.1 cm³/mol. The van der Waals surface area contributed by atoms with Gasteiger partial charge in [-0.15, -0.1) is 10.2 Å². The molecule has 2 nitrogen and oxygen atoms in total. The highest BCUT2D eigenvalue weighted by Gasteiger charge is 2.10. The third kappa shape index (κ3) is 2.03. The highest BCUT2D eigenvalue weighted by molar-refractivity contribution is 14.1. The molecule has 2 aromatic rings. The summed E-state index contributed by atoms with van der Waals surface area (Å²) in [7, 11) is 0. The van der Waals surface area contributed by atoms with Gasteiger partial charge in [-0.3, -0.25) is 0 Å². The Kier molecular flexibility index (Phi) is 3.26. The van der Waals surface area contributed by atoms with E-state index < -0.39 is 0 Å². The van der Waals surface area contributed by atoms with Crippen LogP contribution in [-0.4, -0.2) is 10.2 Å². The van der Waals surface area contributed by atoms with Gasteiger partial charge in [-0.2, -0.15) is 0 Å². The van der Waals surface area contributed by atoms with Gasteiger partial charge in [0, 0.05) is 5.56 Å². The molecule has 72 valence electrons. The topological polar surface area (TPSA) is 25.8 Å². The molecule has 0 spiro atoms. The van der Waals surface area contributed by atoms with Gasteiger partial charge in [0.15, 0.2) is 3.01 Å². The monoisotopic (exact) mass is 356 g/mol. The van der Waals surface area contributed by atoms with Gasteiger partial charge >= 0.3 is 0 Å². The molecule has 14 heavy (non-hydrogen) atoms. The zero-order valence-electron chi connectivity index (χ0n) is 6.67. The lowest BCUT2D eigenvalue weighted by atomic mass is 10.2. The van der Waals surface area contributed by atoms with Crippen molar-refractivity contribution in [2.45, 2.75) is 0 Å². The third-order valence-electron chi connectivity index (χ3n) is 1.58. The fraction of sp³-hybridized carbons (Fsp3) is 0. The largest absolute Gasteiger partial charge is 0.178 e. The Balaban J connectivity index is 2.57. The fourth-order valence-electron chi connectivity index (χ4n) is 0.983. The van der Waals surface area contributed by atoms with E-state index in [1.165, 1.54) is 11.3 Å². The summed E-state index contributed by atoms with van der Waals surface area (Å²) >= 11 is 15.5. The standard InChI is InChI=1S/C8H3Cl2IN2S/c9-5-3-1-2-4(6(5)10)7-12-13-8(11)14-7/h1-3H. The molecular formula is C8H3Cl2IN2S. The molecule has 0 aliphatic carbocycles. The zero-order chi connectivity index (χ0) is 10.1. The van der Waals surface area contributed by atoms with Crippen LogP contribution in [0.2, 0.25) is 10.0 Å². The molecule has 1 heterocycles. The predicted octanol–water partition coefficient (Wildman–Crippen LogP) is 4.12. The van der Waals surface area contributed by atoms with Crippen LogP contribution < -0.4 is 0 Å². The molecule has 0 N–H and O–H groups in total. The van der Waals surface area contributed by atoms with Gasteiger partial charge in [0.2, 0.25) is 0 Å². The maximum Gasteiger partial charge on any atom is 0.178 e. The molecule has 0 bridgehead atoms. The van der Waals surface area contributed by atoms with Crippen molar-refractivity contribution < 1.29 is 0 Å². The SMILES string of the molecule is Clc1cccc(-c2nnc(I)s2)c1Cl. The Bertz CT molecular complexity index is 472. The van der Waals surface area contributed by atoms with Crippen LogP contribution in [0, 0.1) is 3.01 Å². The molecule has 0 atom stereocenters. The summed E-state index contributed by atoms with van der Waals surface area (Å²) in [5.74, 6) is 0. The van der Waals surface area contributed by atoms with Gasteiger partial charge in [-0.25, -0.2) is 0 Å². The summed E-state index contributed by atoms with van der Waals surface area (Å²) in [4.78, 5) is 0. The minimum Gasteiger partial charge on any atom is -0.137 e. The van der Waals surface area contributed by atoms with Gasteiger partial charge in [-0.1, -0.05) is 46.7 Å². The van der Waals surface area contributed by atoms with E-state index in [9.17, 15) is 0 Å². The van der Waals surface area contributed by atoms with E-state index in [1.54, 1.807) is 6.07 Å². The summed E-state index contributed by atoms with van der Waals surface area (Å²) in [5.41, 5.74) is 0.833. The van der Waals surface area contributed by atoms with Gasteiger partial charge in [-0.05, 0) is 28.7 Å². The minimum atomic E-state index is 0.529. The van der Waals surface area contributed by atoms with Crippen LogP contribution in [0.5, 0.6) is 0 Å². The lowest BCUT2D eigenvalue weighted by Gasteiger charge is -2.00. The Labute approximate surface area is 108 Å². The van der Waals surface area contributed by atoms with Crippen LogP contribution in [0.1, 0.15) is 0 Å². The van der Waals surface area contributed by atoms with Crippen LogP contribution in [0.15, 0.2) is 18.2 Å². The Hall–Kier alpha value is 0.0900. The molecule has 1 aromatic carbocycles. The van der Waals surface area contributed by atoms with Gasteiger partial charge < -0.3 is 0 Å². The van der Waals surface area contributed by atoms with E-state index in [2.05, 4.69) is 32.8 Å². The van der Waals surface area contributed by atoms with Crippen LogP contribution in [0.4, 0.5) is 0 Å². The molecule has 0 radical (unpaired) electrons. The van der Waals surface area contributed by atoms with Crippen LogP contribution in [-0.2, 0) is 0 Å². The van der Waals surface area contributed by atoms with Crippen molar-refractivity contribution >= 4 is 57.1 Å². The van der Waals surface area contributed by atoms with Gasteiger partial charge in [0.1, 0.15) is 5.01 Å². The molecule has 2 rings (SSSR count). The van der Waals surface area contributed by atoms with E-state index in [0.717, 1.165) is 13.6 Å². The molecule has 0 saturated carbocycles. The first-order chi connectivity index (χ1) is 6.68. The smallest absolute Gasteiger partial charge is 0.137 e. The van der Waals surface area contributed by atoms with E-state index in [1.807, 2.05) is 12.1 Å². The number of aromatic nitrogens is 2. The summed E-state index contributed by atoms with van der Waals surface area (Å²) in [6, 6.07) is 5.47. The second kappa shape index (κ2) is 4.30. The summed E-state index contributed by atoms with van der Waals surface area (Å²) in [5, 5.41) is 9.78. The van der Waals surface area contributed by atoms with E-state index in [4.69, 9.17) is 23.2 Å². The maximum absolute atomic E-state index is 6.04. The fourth-order valence-corrected chi connectivity index (χ4v) is 2.77. The molecule has 0 aliphatic rings. The number of hydrogen-bond acceptors (Lipinski definition) is 3. The van der Waals surface area contributed by atoms with Crippen molar-refractivity contribution in [3.8, 4) is 10.6 Å². The Morgan fingerprint density at radius 3 is 2.64 bits per heavy atom. The van der Waals surface area contributed by atoms with E-state index >= 15 is 0 Å². The first kappa shape index (κ1) is 10.6. The van der Waals surface area contributed by atoms with Crippen molar-refractivity contribution in [3.05, 3.63) is 31.3 Å². The van der Waals surface area contributed by atoms with Crippen molar-refractivity contribution in [2.24, 2.45) is 0 Å². The summed E-state index contributed by atoms with van der Waals surface area (Å²) < 4.78 is 0.883. The Morgan fingerprint density at radius 2 is 2.00 bits per heavy atom. The highest BCUT2D eigenvalue weighted by Crippen LogP contribution is 2.34. The molecule has 6 heteroatoms. The second-order valence-electron chi connectivity index (χ2n) is 2.46. The van der Waals surface area contributed by atoms with E-state index in [-0.39, 0.29) is 0 Å². The lowest BCUT2D eigenvalue weighted by molar-refractivity contribution is 1.07.